The Labute approximate surface area is 124 Å². The predicted octanol–water partition coefficient (Wildman–Crippen LogP) is 2.42. The van der Waals surface area contributed by atoms with Gasteiger partial charge in [-0.1, -0.05) is 19.4 Å². The highest BCUT2D eigenvalue weighted by molar-refractivity contribution is 5.97. The maximum absolute atomic E-state index is 12.6. The summed E-state index contributed by atoms with van der Waals surface area (Å²) in [7, 11) is 0. The van der Waals surface area contributed by atoms with Gasteiger partial charge in [0, 0.05) is 24.2 Å². The number of benzene rings is 1. The molecule has 0 aromatic heterocycles. The number of likely N-dealkylation sites (tertiary alicyclic amines) is 1. The van der Waals surface area contributed by atoms with E-state index in [1.807, 2.05) is 6.92 Å². The van der Waals surface area contributed by atoms with Crippen LogP contribution in [0, 0.1) is 12.3 Å². The third-order valence-electron chi connectivity index (χ3n) is 4.36. The molecule has 114 valence electrons. The van der Waals surface area contributed by atoms with Crippen molar-refractivity contribution >= 4 is 11.9 Å². The number of carboxylic acid groups (broad SMARTS) is 1. The van der Waals surface area contributed by atoms with Gasteiger partial charge in [0.1, 0.15) is 5.75 Å². The first-order valence-electron chi connectivity index (χ1n) is 7.22. The standard InChI is InChI=1S/C16H21NO4/c1-3-7-16(15(20)21)8-9-17(10-16)14(19)12-5-4-6-13(18)11(12)2/h4-6,18H,3,7-10H2,1-2H3,(H,20,21). The fourth-order valence-corrected chi connectivity index (χ4v) is 3.04. The van der Waals surface area contributed by atoms with Gasteiger partial charge in [-0.25, -0.2) is 0 Å². The van der Waals surface area contributed by atoms with Crippen LogP contribution in [0.25, 0.3) is 0 Å². The minimum absolute atomic E-state index is 0.0816. The zero-order chi connectivity index (χ0) is 15.6. The number of rotatable bonds is 4. The molecule has 1 aromatic carbocycles. The number of carbonyl (C=O) groups is 2. The summed E-state index contributed by atoms with van der Waals surface area (Å²) in [6.45, 7) is 4.33. The van der Waals surface area contributed by atoms with Crippen LogP contribution in [-0.2, 0) is 4.79 Å². The van der Waals surface area contributed by atoms with Crippen molar-refractivity contribution in [3.8, 4) is 5.75 Å². The fraction of sp³-hybridized carbons (Fsp3) is 0.500. The zero-order valence-corrected chi connectivity index (χ0v) is 12.4. The monoisotopic (exact) mass is 291 g/mol. The van der Waals surface area contributed by atoms with Gasteiger partial charge in [-0.15, -0.1) is 0 Å². The third kappa shape index (κ3) is 2.73. The van der Waals surface area contributed by atoms with E-state index in [4.69, 9.17) is 0 Å². The number of hydrogen-bond donors (Lipinski definition) is 2. The molecule has 1 aliphatic heterocycles. The molecule has 1 heterocycles. The Morgan fingerprint density at radius 3 is 2.71 bits per heavy atom. The number of carbonyl (C=O) groups excluding carboxylic acids is 1. The van der Waals surface area contributed by atoms with E-state index in [-0.39, 0.29) is 18.2 Å². The SMILES string of the molecule is CCCC1(C(=O)O)CCN(C(=O)c2cccc(O)c2C)C1. The van der Waals surface area contributed by atoms with Crippen molar-refractivity contribution in [2.75, 3.05) is 13.1 Å². The first-order valence-corrected chi connectivity index (χ1v) is 7.22. The van der Waals surface area contributed by atoms with Crippen molar-refractivity contribution in [3.05, 3.63) is 29.3 Å². The lowest BCUT2D eigenvalue weighted by Gasteiger charge is -2.24. The van der Waals surface area contributed by atoms with Crippen LogP contribution in [-0.4, -0.2) is 40.1 Å². The summed E-state index contributed by atoms with van der Waals surface area (Å²) in [4.78, 5) is 25.7. The second-order valence-electron chi connectivity index (χ2n) is 5.76. The van der Waals surface area contributed by atoms with E-state index in [2.05, 4.69) is 0 Å². The summed E-state index contributed by atoms with van der Waals surface area (Å²) < 4.78 is 0. The average Bonchev–Trinajstić information content (AvgIpc) is 2.87. The van der Waals surface area contributed by atoms with Gasteiger partial charge in [0.05, 0.1) is 5.41 Å². The van der Waals surface area contributed by atoms with Crippen LogP contribution < -0.4 is 0 Å². The number of aliphatic carboxylic acids is 1. The van der Waals surface area contributed by atoms with E-state index in [0.717, 1.165) is 6.42 Å². The van der Waals surface area contributed by atoms with Crippen molar-refractivity contribution in [1.82, 2.24) is 4.90 Å². The molecule has 0 spiro atoms. The second-order valence-corrected chi connectivity index (χ2v) is 5.76. The summed E-state index contributed by atoms with van der Waals surface area (Å²) in [5.74, 6) is -0.951. The normalized spacial score (nSPS) is 21.5. The largest absolute Gasteiger partial charge is 0.508 e. The van der Waals surface area contributed by atoms with E-state index in [1.54, 1.807) is 24.0 Å². The fourth-order valence-electron chi connectivity index (χ4n) is 3.04. The zero-order valence-electron chi connectivity index (χ0n) is 12.4. The highest BCUT2D eigenvalue weighted by Gasteiger charge is 2.45. The highest BCUT2D eigenvalue weighted by Crippen LogP contribution is 2.36. The first-order chi connectivity index (χ1) is 9.91. The molecule has 2 N–H and O–H groups in total. The molecule has 0 bridgehead atoms. The van der Waals surface area contributed by atoms with Gasteiger partial charge in [0.25, 0.3) is 5.91 Å². The lowest BCUT2D eigenvalue weighted by molar-refractivity contribution is -0.148. The summed E-state index contributed by atoms with van der Waals surface area (Å²) in [6, 6.07) is 4.83. The first kappa shape index (κ1) is 15.4. The second kappa shape index (κ2) is 5.76. The van der Waals surface area contributed by atoms with Crippen molar-refractivity contribution in [3.63, 3.8) is 0 Å². The number of phenols is 1. The lowest BCUT2D eigenvalue weighted by Crippen LogP contribution is -2.37. The van der Waals surface area contributed by atoms with Gasteiger partial charge < -0.3 is 15.1 Å². The predicted molar refractivity (Wildman–Crippen MR) is 78.3 cm³/mol. The Morgan fingerprint density at radius 1 is 1.38 bits per heavy atom. The minimum atomic E-state index is -0.827. The molecule has 2 rings (SSSR count). The average molecular weight is 291 g/mol. The number of hydrogen-bond acceptors (Lipinski definition) is 3. The minimum Gasteiger partial charge on any atom is -0.508 e. The van der Waals surface area contributed by atoms with Gasteiger partial charge in [0.15, 0.2) is 0 Å². The molecule has 1 fully saturated rings. The molecule has 5 heteroatoms. The molecule has 0 saturated carbocycles. The quantitative estimate of drug-likeness (QED) is 0.893. The molecule has 1 amide bonds. The van der Waals surface area contributed by atoms with Gasteiger partial charge >= 0.3 is 5.97 Å². The Balaban J connectivity index is 2.23. The summed E-state index contributed by atoms with van der Waals surface area (Å²) in [5.41, 5.74) is 0.147. The van der Waals surface area contributed by atoms with Crippen LogP contribution in [0.15, 0.2) is 18.2 Å². The smallest absolute Gasteiger partial charge is 0.311 e. The Morgan fingerprint density at radius 2 is 2.10 bits per heavy atom. The number of aromatic hydroxyl groups is 1. The Bertz CT molecular complexity index is 569. The van der Waals surface area contributed by atoms with Crippen LogP contribution in [0.3, 0.4) is 0 Å². The summed E-state index contributed by atoms with van der Waals surface area (Å²) in [5, 5.41) is 19.2. The van der Waals surface area contributed by atoms with Crippen molar-refractivity contribution in [2.45, 2.75) is 33.1 Å². The number of phenolic OH excluding ortho intramolecular Hbond substituents is 1. The molecular weight excluding hydrogens is 270 g/mol. The van der Waals surface area contributed by atoms with Crippen molar-refractivity contribution in [2.24, 2.45) is 5.41 Å². The van der Waals surface area contributed by atoms with Crippen LogP contribution in [0.5, 0.6) is 5.75 Å². The van der Waals surface area contributed by atoms with E-state index in [0.29, 0.717) is 30.5 Å². The van der Waals surface area contributed by atoms with Gasteiger partial charge in [-0.05, 0) is 31.9 Å². The number of carboxylic acids is 1. The van der Waals surface area contributed by atoms with Crippen LogP contribution >= 0.6 is 0 Å². The van der Waals surface area contributed by atoms with Gasteiger partial charge in [-0.3, -0.25) is 9.59 Å². The maximum atomic E-state index is 12.6. The number of nitrogens with zero attached hydrogens (tertiary/aromatic N) is 1. The summed E-state index contributed by atoms with van der Waals surface area (Å²) >= 11 is 0. The lowest BCUT2D eigenvalue weighted by atomic mass is 9.83. The Hall–Kier alpha value is -2.04. The van der Waals surface area contributed by atoms with Crippen molar-refractivity contribution in [1.29, 1.82) is 0 Å². The molecule has 0 aliphatic carbocycles. The molecular formula is C16H21NO4. The molecule has 0 radical (unpaired) electrons. The van der Waals surface area contributed by atoms with E-state index in [9.17, 15) is 19.8 Å². The molecule has 1 atom stereocenters. The molecule has 5 nitrogen and oxygen atoms in total. The maximum Gasteiger partial charge on any atom is 0.311 e. The third-order valence-corrected chi connectivity index (χ3v) is 4.36. The van der Waals surface area contributed by atoms with Crippen molar-refractivity contribution < 1.29 is 19.8 Å². The van der Waals surface area contributed by atoms with Gasteiger partial charge in [0.2, 0.25) is 0 Å². The van der Waals surface area contributed by atoms with Gasteiger partial charge in [-0.2, -0.15) is 0 Å². The molecule has 1 aliphatic rings. The van der Waals surface area contributed by atoms with Crippen LogP contribution in [0.2, 0.25) is 0 Å². The van der Waals surface area contributed by atoms with Crippen LogP contribution in [0.4, 0.5) is 0 Å². The highest BCUT2D eigenvalue weighted by atomic mass is 16.4. The van der Waals surface area contributed by atoms with E-state index in [1.165, 1.54) is 6.07 Å². The Kier molecular flexibility index (Phi) is 4.21. The molecule has 1 aromatic rings. The van der Waals surface area contributed by atoms with E-state index < -0.39 is 11.4 Å². The molecule has 1 unspecified atom stereocenters. The van der Waals surface area contributed by atoms with E-state index >= 15 is 0 Å². The number of amides is 1. The molecule has 1 saturated heterocycles. The molecule has 21 heavy (non-hydrogen) atoms. The summed E-state index contributed by atoms with van der Waals surface area (Å²) in [6.07, 6.45) is 1.84. The topological polar surface area (TPSA) is 77.8 Å². The van der Waals surface area contributed by atoms with Crippen LogP contribution in [0.1, 0.15) is 42.1 Å².